The highest BCUT2D eigenvalue weighted by molar-refractivity contribution is 7.80. The summed E-state index contributed by atoms with van der Waals surface area (Å²) < 4.78 is 5.53. The summed E-state index contributed by atoms with van der Waals surface area (Å²) in [5, 5.41) is 0. The topological polar surface area (TPSA) is 12.5 Å². The quantitative estimate of drug-likeness (QED) is 0.640. The van der Waals surface area contributed by atoms with Crippen LogP contribution in [-0.4, -0.2) is 24.9 Å². The maximum Gasteiger partial charge on any atom is 0.126 e. The second-order valence-corrected chi connectivity index (χ2v) is 4.59. The van der Waals surface area contributed by atoms with E-state index in [-0.39, 0.29) is 0 Å². The Balaban J connectivity index is 3.20. The molecule has 0 radical (unpaired) electrons. The summed E-state index contributed by atoms with van der Waals surface area (Å²) in [5.41, 5.74) is 5.07. The highest BCUT2D eigenvalue weighted by Gasteiger charge is 2.13. The van der Waals surface area contributed by atoms with Gasteiger partial charge in [0.15, 0.2) is 0 Å². The molecule has 3 heteroatoms. The van der Waals surface area contributed by atoms with E-state index in [1.54, 1.807) is 7.11 Å². The smallest absolute Gasteiger partial charge is 0.126 e. The molecule has 0 bridgehead atoms. The lowest BCUT2D eigenvalue weighted by Gasteiger charge is -2.20. The maximum atomic E-state index is 5.53. The Morgan fingerprint density at radius 1 is 1.25 bits per heavy atom. The van der Waals surface area contributed by atoms with E-state index in [9.17, 15) is 0 Å². The molecule has 2 nitrogen and oxygen atoms in total. The Hall–Kier alpha value is -0.670. The second-order valence-electron chi connectivity index (χ2n) is 4.30. The van der Waals surface area contributed by atoms with Crippen LogP contribution in [-0.2, 0) is 6.54 Å². The molecule has 16 heavy (non-hydrogen) atoms. The predicted molar refractivity (Wildman–Crippen MR) is 72.5 cm³/mol. The van der Waals surface area contributed by atoms with Gasteiger partial charge in [-0.3, -0.25) is 4.90 Å². The average Bonchev–Trinajstić information content (AvgIpc) is 2.26. The second kappa shape index (κ2) is 5.60. The van der Waals surface area contributed by atoms with Crippen molar-refractivity contribution in [3.05, 3.63) is 28.3 Å². The molecule has 0 spiro atoms. The van der Waals surface area contributed by atoms with Crippen molar-refractivity contribution >= 4 is 12.6 Å². The summed E-state index contributed by atoms with van der Waals surface area (Å²) in [6, 6.07) is 2.22. The van der Waals surface area contributed by atoms with Crippen LogP contribution in [0.5, 0.6) is 5.75 Å². The first-order chi connectivity index (χ1) is 7.51. The molecule has 0 fully saturated rings. The van der Waals surface area contributed by atoms with Crippen LogP contribution in [0.1, 0.15) is 22.3 Å². The summed E-state index contributed by atoms with van der Waals surface area (Å²) in [7, 11) is 3.80. The van der Waals surface area contributed by atoms with Gasteiger partial charge in [-0.05, 0) is 44.5 Å². The van der Waals surface area contributed by atoms with Crippen molar-refractivity contribution in [1.82, 2.24) is 4.90 Å². The van der Waals surface area contributed by atoms with Crippen molar-refractivity contribution < 1.29 is 4.74 Å². The summed E-state index contributed by atoms with van der Waals surface area (Å²) in [6.07, 6.45) is 0. The summed E-state index contributed by atoms with van der Waals surface area (Å²) in [6.45, 7) is 7.24. The lowest BCUT2D eigenvalue weighted by atomic mass is 9.99. The van der Waals surface area contributed by atoms with Crippen molar-refractivity contribution in [1.29, 1.82) is 0 Å². The fourth-order valence-corrected chi connectivity index (χ4v) is 2.00. The van der Waals surface area contributed by atoms with Crippen molar-refractivity contribution in [3.63, 3.8) is 0 Å². The van der Waals surface area contributed by atoms with Crippen LogP contribution in [0.15, 0.2) is 6.07 Å². The molecule has 1 aromatic carbocycles. The molecule has 0 N–H and O–H groups in total. The lowest BCUT2D eigenvalue weighted by molar-refractivity contribution is 0.360. The van der Waals surface area contributed by atoms with Crippen LogP contribution in [0.4, 0.5) is 0 Å². The highest BCUT2D eigenvalue weighted by Crippen LogP contribution is 2.30. The first-order valence-corrected chi connectivity index (χ1v) is 6.07. The number of thiol groups is 1. The Labute approximate surface area is 104 Å². The van der Waals surface area contributed by atoms with Crippen LogP contribution in [0, 0.1) is 20.8 Å². The third kappa shape index (κ3) is 2.71. The molecular weight excluding hydrogens is 218 g/mol. The number of methoxy groups -OCH3 is 1. The Morgan fingerprint density at radius 2 is 1.88 bits per heavy atom. The van der Waals surface area contributed by atoms with Gasteiger partial charge in [0.05, 0.1) is 7.11 Å². The minimum absolute atomic E-state index is 0.746. The van der Waals surface area contributed by atoms with Gasteiger partial charge < -0.3 is 4.74 Å². The van der Waals surface area contributed by atoms with Crippen LogP contribution in [0.25, 0.3) is 0 Å². The molecule has 90 valence electrons. The van der Waals surface area contributed by atoms with E-state index in [0.717, 1.165) is 18.2 Å². The van der Waals surface area contributed by atoms with Gasteiger partial charge >= 0.3 is 0 Å². The minimum atomic E-state index is 0.746. The number of hydrogen-bond donors (Lipinski definition) is 1. The normalized spacial score (nSPS) is 10.9. The standard InChI is InChI=1S/C13H21NOS/c1-9-6-10(2)12(7-14(4)8-16)13(15-5)11(9)3/h6,16H,7-8H2,1-5H3. The van der Waals surface area contributed by atoms with Gasteiger partial charge in [-0.25, -0.2) is 0 Å². The van der Waals surface area contributed by atoms with E-state index in [4.69, 9.17) is 4.74 Å². The molecule has 0 saturated heterocycles. The van der Waals surface area contributed by atoms with E-state index < -0.39 is 0 Å². The van der Waals surface area contributed by atoms with Crippen molar-refractivity contribution in [3.8, 4) is 5.75 Å². The molecule has 0 unspecified atom stereocenters. The molecule has 0 aliphatic rings. The molecule has 0 saturated carbocycles. The summed E-state index contributed by atoms with van der Waals surface area (Å²) >= 11 is 4.27. The number of aryl methyl sites for hydroxylation is 2. The summed E-state index contributed by atoms with van der Waals surface area (Å²) in [5.74, 6) is 1.77. The number of benzene rings is 1. The third-order valence-electron chi connectivity index (χ3n) is 2.99. The first-order valence-electron chi connectivity index (χ1n) is 5.44. The molecule has 0 aromatic heterocycles. The number of ether oxygens (including phenoxy) is 1. The zero-order valence-corrected chi connectivity index (χ0v) is 11.7. The molecule has 1 rings (SSSR count). The molecule has 0 heterocycles. The summed E-state index contributed by atoms with van der Waals surface area (Å²) in [4.78, 5) is 2.16. The van der Waals surface area contributed by atoms with E-state index in [0.29, 0.717) is 0 Å². The van der Waals surface area contributed by atoms with Crippen LogP contribution in [0.2, 0.25) is 0 Å². The van der Waals surface area contributed by atoms with Gasteiger partial charge in [0.1, 0.15) is 5.75 Å². The van der Waals surface area contributed by atoms with Gasteiger partial charge in [0.25, 0.3) is 0 Å². The van der Waals surface area contributed by atoms with E-state index in [2.05, 4.69) is 51.4 Å². The van der Waals surface area contributed by atoms with Crippen molar-refractivity contribution in [2.24, 2.45) is 0 Å². The fraction of sp³-hybridized carbons (Fsp3) is 0.538. The van der Waals surface area contributed by atoms with Gasteiger partial charge in [0.2, 0.25) is 0 Å². The average molecular weight is 239 g/mol. The Kier molecular flexibility index (Phi) is 4.69. The minimum Gasteiger partial charge on any atom is -0.496 e. The van der Waals surface area contributed by atoms with Crippen molar-refractivity contribution in [2.75, 3.05) is 20.0 Å². The zero-order valence-electron chi connectivity index (χ0n) is 10.8. The monoisotopic (exact) mass is 239 g/mol. The van der Waals surface area contributed by atoms with E-state index in [1.807, 2.05) is 0 Å². The van der Waals surface area contributed by atoms with E-state index >= 15 is 0 Å². The van der Waals surface area contributed by atoms with Crippen LogP contribution in [0.3, 0.4) is 0 Å². The fourth-order valence-electron chi connectivity index (χ4n) is 1.90. The van der Waals surface area contributed by atoms with Crippen molar-refractivity contribution in [2.45, 2.75) is 27.3 Å². The number of hydrogen-bond acceptors (Lipinski definition) is 3. The molecule has 0 atom stereocenters. The lowest BCUT2D eigenvalue weighted by Crippen LogP contribution is -2.17. The Morgan fingerprint density at radius 3 is 2.38 bits per heavy atom. The third-order valence-corrected chi connectivity index (χ3v) is 3.47. The van der Waals surface area contributed by atoms with E-state index in [1.165, 1.54) is 22.3 Å². The number of nitrogens with zero attached hydrogens (tertiary/aromatic N) is 1. The van der Waals surface area contributed by atoms with Gasteiger partial charge in [0, 0.05) is 18.0 Å². The Bertz CT molecular complexity index is 377. The molecule has 1 aromatic rings. The van der Waals surface area contributed by atoms with Crippen LogP contribution < -0.4 is 4.74 Å². The first kappa shape index (κ1) is 13.4. The van der Waals surface area contributed by atoms with Gasteiger partial charge in [-0.15, -0.1) is 0 Å². The molecule has 0 amide bonds. The van der Waals surface area contributed by atoms with Gasteiger partial charge in [-0.2, -0.15) is 12.6 Å². The SMILES string of the molecule is COc1c(C)c(C)cc(C)c1CN(C)CS. The molecular formula is C13H21NOS. The molecule has 0 aliphatic carbocycles. The van der Waals surface area contributed by atoms with Crippen LogP contribution >= 0.6 is 12.6 Å². The van der Waals surface area contributed by atoms with Gasteiger partial charge in [-0.1, -0.05) is 6.07 Å². The zero-order chi connectivity index (χ0) is 12.3. The largest absolute Gasteiger partial charge is 0.496 e. The highest BCUT2D eigenvalue weighted by atomic mass is 32.1. The maximum absolute atomic E-state index is 5.53. The number of rotatable bonds is 4. The molecule has 0 aliphatic heterocycles. The predicted octanol–water partition coefficient (Wildman–Crippen LogP) is 2.94.